The summed E-state index contributed by atoms with van der Waals surface area (Å²) in [5.41, 5.74) is 3.32. The molecule has 2 N–H and O–H groups in total. The van der Waals surface area contributed by atoms with Gasteiger partial charge >= 0.3 is 0 Å². The van der Waals surface area contributed by atoms with E-state index in [0.29, 0.717) is 0 Å². The lowest BCUT2D eigenvalue weighted by molar-refractivity contribution is 0.253. The minimum atomic E-state index is -3.69. The van der Waals surface area contributed by atoms with E-state index >= 15 is 0 Å². The zero-order valence-electron chi connectivity index (χ0n) is 14.6. The van der Waals surface area contributed by atoms with E-state index in [4.69, 9.17) is 5.14 Å². The van der Waals surface area contributed by atoms with Crippen LogP contribution < -0.4 is 10.0 Å². The zero-order valence-corrected chi connectivity index (χ0v) is 15.4. The molecule has 0 saturated heterocycles. The van der Waals surface area contributed by atoms with Crippen LogP contribution in [0.15, 0.2) is 53.4 Å². The highest BCUT2D eigenvalue weighted by atomic mass is 32.2. The number of primary sulfonamides is 1. The van der Waals surface area contributed by atoms with E-state index in [-0.39, 0.29) is 10.9 Å². The van der Waals surface area contributed by atoms with E-state index in [2.05, 4.69) is 28.9 Å². The summed E-state index contributed by atoms with van der Waals surface area (Å²) in [6, 6.07) is 15.1. The molecule has 130 valence electrons. The molecular formula is C18H25N3O2S. The van der Waals surface area contributed by atoms with E-state index in [9.17, 15) is 8.42 Å². The Kier molecular flexibility index (Phi) is 5.64. The van der Waals surface area contributed by atoms with Crippen molar-refractivity contribution in [3.8, 4) is 0 Å². The summed E-state index contributed by atoms with van der Waals surface area (Å²) in [4.78, 5) is 4.42. The molecule has 0 aliphatic heterocycles. The molecule has 0 aliphatic rings. The summed E-state index contributed by atoms with van der Waals surface area (Å²) in [5, 5.41) is 5.23. The Balaban J connectivity index is 2.23. The van der Waals surface area contributed by atoms with Gasteiger partial charge in [-0.1, -0.05) is 30.3 Å². The highest BCUT2D eigenvalue weighted by molar-refractivity contribution is 7.89. The topological polar surface area (TPSA) is 66.6 Å². The summed E-state index contributed by atoms with van der Waals surface area (Å²) in [5.74, 6) is 0. The van der Waals surface area contributed by atoms with Gasteiger partial charge in [-0.3, -0.25) is 4.90 Å². The highest BCUT2D eigenvalue weighted by Gasteiger charge is 2.16. The third-order valence-corrected chi connectivity index (χ3v) is 5.13. The molecule has 0 aliphatic carbocycles. The van der Waals surface area contributed by atoms with E-state index in [1.54, 1.807) is 12.1 Å². The Labute approximate surface area is 144 Å². The Hall–Kier alpha value is -1.89. The van der Waals surface area contributed by atoms with Crippen molar-refractivity contribution >= 4 is 15.7 Å². The molecule has 0 fully saturated rings. The Morgan fingerprint density at radius 3 is 2.33 bits per heavy atom. The molecular weight excluding hydrogens is 322 g/mol. The molecule has 0 aromatic heterocycles. The van der Waals surface area contributed by atoms with Crippen LogP contribution in [0.5, 0.6) is 0 Å². The zero-order chi connectivity index (χ0) is 17.9. The van der Waals surface area contributed by atoms with Gasteiger partial charge in [0.05, 0.1) is 4.90 Å². The average Bonchev–Trinajstić information content (AvgIpc) is 2.53. The number of anilines is 1. The van der Waals surface area contributed by atoms with E-state index in [1.165, 1.54) is 17.3 Å². The molecule has 2 aromatic carbocycles. The van der Waals surface area contributed by atoms with Gasteiger partial charge in [0.1, 0.15) is 0 Å². The maximum atomic E-state index is 11.5. The van der Waals surface area contributed by atoms with Crippen molar-refractivity contribution in [1.82, 2.24) is 4.90 Å². The van der Waals surface area contributed by atoms with Crippen molar-refractivity contribution < 1.29 is 8.42 Å². The molecule has 0 bridgehead atoms. The number of rotatable bonds is 6. The van der Waals surface area contributed by atoms with Crippen LogP contribution in [0.3, 0.4) is 0 Å². The third kappa shape index (κ3) is 4.35. The normalized spacial score (nSPS) is 13.1. The van der Waals surface area contributed by atoms with Gasteiger partial charge in [-0.15, -0.1) is 0 Å². The van der Waals surface area contributed by atoms with Crippen LogP contribution in [0, 0.1) is 0 Å². The molecule has 0 unspecified atom stereocenters. The fraction of sp³-hybridized carbons (Fsp3) is 0.333. The van der Waals surface area contributed by atoms with E-state index < -0.39 is 10.0 Å². The largest absolute Gasteiger partial charge is 0.377 e. The van der Waals surface area contributed by atoms with E-state index in [0.717, 1.165) is 12.1 Å². The second-order valence-corrected chi connectivity index (χ2v) is 7.79. The molecule has 0 saturated carbocycles. The number of nitrogens with two attached hydrogens (primary N) is 1. The van der Waals surface area contributed by atoms with Gasteiger partial charge in [-0.2, -0.15) is 0 Å². The number of hydrogen-bond donors (Lipinski definition) is 1. The van der Waals surface area contributed by atoms with Gasteiger partial charge in [-0.25, -0.2) is 13.6 Å². The lowest BCUT2D eigenvalue weighted by Gasteiger charge is -2.27. The molecule has 2 aromatic rings. The molecule has 0 spiro atoms. The first-order chi connectivity index (χ1) is 11.2. The second kappa shape index (κ2) is 7.34. The Bertz CT molecular complexity index is 803. The molecule has 24 heavy (non-hydrogen) atoms. The van der Waals surface area contributed by atoms with Crippen LogP contribution in [0.25, 0.3) is 0 Å². The first-order valence-electron chi connectivity index (χ1n) is 7.78. The number of benzene rings is 2. The smallest absolute Gasteiger partial charge is 0.238 e. The fourth-order valence-electron chi connectivity index (χ4n) is 2.69. The van der Waals surface area contributed by atoms with Gasteiger partial charge in [0, 0.05) is 32.4 Å². The molecule has 2 rings (SSSR count). The van der Waals surface area contributed by atoms with Crippen molar-refractivity contribution in [2.75, 3.05) is 26.0 Å². The Morgan fingerprint density at radius 1 is 1.04 bits per heavy atom. The van der Waals surface area contributed by atoms with Gasteiger partial charge in [0.15, 0.2) is 0 Å². The molecule has 5 nitrogen and oxygen atoms in total. The summed E-state index contributed by atoms with van der Waals surface area (Å²) < 4.78 is 23.1. The van der Waals surface area contributed by atoms with Gasteiger partial charge < -0.3 is 4.90 Å². The first-order valence-corrected chi connectivity index (χ1v) is 9.33. The van der Waals surface area contributed by atoms with Crippen molar-refractivity contribution in [1.29, 1.82) is 0 Å². The molecule has 0 heterocycles. The molecule has 6 heteroatoms. The predicted octanol–water partition coefficient (Wildman–Crippen LogP) is 2.59. The van der Waals surface area contributed by atoms with E-state index in [1.807, 2.05) is 39.3 Å². The third-order valence-electron chi connectivity index (χ3n) is 4.22. The Morgan fingerprint density at radius 2 is 1.71 bits per heavy atom. The van der Waals surface area contributed by atoms with Gasteiger partial charge in [-0.05, 0) is 43.3 Å². The van der Waals surface area contributed by atoms with Crippen LogP contribution in [-0.4, -0.2) is 34.5 Å². The lowest BCUT2D eigenvalue weighted by atomic mass is 10.1. The number of hydrogen-bond acceptors (Lipinski definition) is 4. The van der Waals surface area contributed by atoms with Crippen LogP contribution in [0.2, 0.25) is 0 Å². The standard InChI is InChI=1S/C18H25N3O2S/c1-14(15-9-7-10-17(12-15)24(19,22)23)21(4)13-16-8-5-6-11-18(16)20(2)3/h5-12,14H,13H2,1-4H3,(H2,19,22,23)/t14-/m1/s1. The second-order valence-electron chi connectivity index (χ2n) is 6.23. The summed E-state index contributed by atoms with van der Waals surface area (Å²) in [7, 11) is 2.39. The molecule has 0 amide bonds. The first kappa shape index (κ1) is 18.4. The van der Waals surface area contributed by atoms with Crippen LogP contribution in [-0.2, 0) is 16.6 Å². The van der Waals surface area contributed by atoms with Gasteiger partial charge in [0.2, 0.25) is 10.0 Å². The summed E-state index contributed by atoms with van der Waals surface area (Å²) in [6.45, 7) is 2.82. The quantitative estimate of drug-likeness (QED) is 0.872. The monoisotopic (exact) mass is 347 g/mol. The van der Waals surface area contributed by atoms with Crippen LogP contribution in [0.1, 0.15) is 24.1 Å². The van der Waals surface area contributed by atoms with Crippen molar-refractivity contribution in [3.63, 3.8) is 0 Å². The lowest BCUT2D eigenvalue weighted by Crippen LogP contribution is -2.24. The van der Waals surface area contributed by atoms with Crippen molar-refractivity contribution in [2.24, 2.45) is 5.14 Å². The number of nitrogens with zero attached hydrogens (tertiary/aromatic N) is 2. The highest BCUT2D eigenvalue weighted by Crippen LogP contribution is 2.26. The molecule has 1 atom stereocenters. The average molecular weight is 347 g/mol. The minimum Gasteiger partial charge on any atom is -0.377 e. The van der Waals surface area contributed by atoms with Crippen LogP contribution >= 0.6 is 0 Å². The number of sulfonamides is 1. The predicted molar refractivity (Wildman–Crippen MR) is 98.5 cm³/mol. The maximum absolute atomic E-state index is 11.5. The summed E-state index contributed by atoms with van der Waals surface area (Å²) >= 11 is 0. The minimum absolute atomic E-state index is 0.0573. The molecule has 0 radical (unpaired) electrons. The fourth-order valence-corrected chi connectivity index (χ4v) is 3.26. The summed E-state index contributed by atoms with van der Waals surface area (Å²) in [6.07, 6.45) is 0. The maximum Gasteiger partial charge on any atom is 0.238 e. The van der Waals surface area contributed by atoms with Gasteiger partial charge in [0.25, 0.3) is 0 Å². The SMILES string of the molecule is C[C@H](c1cccc(S(N)(=O)=O)c1)N(C)Cc1ccccc1N(C)C. The van der Waals surface area contributed by atoms with Crippen molar-refractivity contribution in [3.05, 3.63) is 59.7 Å². The van der Waals surface area contributed by atoms with Crippen LogP contribution in [0.4, 0.5) is 5.69 Å². The van der Waals surface area contributed by atoms with Crippen molar-refractivity contribution in [2.45, 2.75) is 24.4 Å². The number of para-hydroxylation sites is 1.